The van der Waals surface area contributed by atoms with Gasteiger partial charge in [-0.3, -0.25) is 5.10 Å². The van der Waals surface area contributed by atoms with Gasteiger partial charge in [-0.05, 0) is 74.6 Å². The van der Waals surface area contributed by atoms with Gasteiger partial charge in [0.1, 0.15) is 0 Å². The number of H-pyrrole nitrogens is 1. The number of aromatic nitrogens is 2. The number of rotatable bonds is 6. The van der Waals surface area contributed by atoms with Crippen molar-refractivity contribution in [1.29, 1.82) is 0 Å². The summed E-state index contributed by atoms with van der Waals surface area (Å²) in [6.07, 6.45) is 5.26. The van der Waals surface area contributed by atoms with Gasteiger partial charge in [0.2, 0.25) is 0 Å². The number of aromatic amines is 1. The number of piperidine rings is 1. The molecular weight excluding hydrogens is 379 g/mol. The Morgan fingerprint density at radius 2 is 2.00 bits per heavy atom. The van der Waals surface area contributed by atoms with Crippen LogP contribution >= 0.6 is 23.2 Å². The molecule has 4 rings (SSSR count). The molecular formula is C21H24Cl2N4. The second-order valence-corrected chi connectivity index (χ2v) is 8.00. The van der Waals surface area contributed by atoms with Gasteiger partial charge in [-0.25, -0.2) is 0 Å². The number of fused-ring (bicyclic) bond motifs is 1. The highest BCUT2D eigenvalue weighted by atomic mass is 35.5. The monoisotopic (exact) mass is 402 g/mol. The lowest BCUT2D eigenvalue weighted by Crippen LogP contribution is -2.34. The molecule has 142 valence electrons. The molecule has 0 atom stereocenters. The number of anilines is 1. The van der Waals surface area contributed by atoms with E-state index in [9.17, 15) is 0 Å². The molecule has 0 aliphatic carbocycles. The Bertz CT molecular complexity index is 900. The molecule has 0 bridgehead atoms. The van der Waals surface area contributed by atoms with Crippen molar-refractivity contribution in [3.8, 4) is 0 Å². The van der Waals surface area contributed by atoms with Gasteiger partial charge in [-0.1, -0.05) is 35.3 Å². The number of hydrogen-bond donors (Lipinski definition) is 2. The Balaban J connectivity index is 1.21. The van der Waals surface area contributed by atoms with Gasteiger partial charge in [0, 0.05) is 17.6 Å². The minimum absolute atomic E-state index is 0.520. The zero-order valence-electron chi connectivity index (χ0n) is 15.2. The Morgan fingerprint density at radius 1 is 1.15 bits per heavy atom. The van der Waals surface area contributed by atoms with Crippen LogP contribution in [0.25, 0.3) is 10.9 Å². The van der Waals surface area contributed by atoms with E-state index in [1.165, 1.54) is 5.56 Å². The summed E-state index contributed by atoms with van der Waals surface area (Å²) in [5.41, 5.74) is 3.42. The first kappa shape index (κ1) is 18.6. The lowest BCUT2D eigenvalue weighted by atomic mass is 9.89. The molecule has 1 fully saturated rings. The van der Waals surface area contributed by atoms with Crippen molar-refractivity contribution in [3.05, 3.63) is 58.2 Å². The van der Waals surface area contributed by atoms with Crippen molar-refractivity contribution >= 4 is 39.8 Å². The molecule has 2 heterocycles. The van der Waals surface area contributed by atoms with E-state index < -0.39 is 0 Å². The predicted molar refractivity (Wildman–Crippen MR) is 114 cm³/mol. The summed E-state index contributed by atoms with van der Waals surface area (Å²) in [4.78, 5) is 2.55. The number of likely N-dealkylation sites (tertiary alicyclic amines) is 1. The average molecular weight is 403 g/mol. The van der Waals surface area contributed by atoms with E-state index in [0.717, 1.165) is 67.1 Å². The number of benzene rings is 2. The number of hydrogen-bond acceptors (Lipinski definition) is 3. The van der Waals surface area contributed by atoms with Crippen molar-refractivity contribution < 1.29 is 0 Å². The van der Waals surface area contributed by atoms with Crippen molar-refractivity contribution in [2.45, 2.75) is 25.2 Å². The van der Waals surface area contributed by atoms with Gasteiger partial charge in [0.05, 0.1) is 21.8 Å². The molecule has 2 aromatic carbocycles. The summed E-state index contributed by atoms with van der Waals surface area (Å²) in [6, 6.07) is 12.3. The van der Waals surface area contributed by atoms with E-state index in [-0.39, 0.29) is 0 Å². The third-order valence-corrected chi connectivity index (χ3v) is 6.26. The maximum Gasteiger partial charge on any atom is 0.0670 e. The zero-order chi connectivity index (χ0) is 18.6. The maximum absolute atomic E-state index is 6.39. The van der Waals surface area contributed by atoms with Gasteiger partial charge in [0.15, 0.2) is 0 Å². The van der Waals surface area contributed by atoms with Gasteiger partial charge >= 0.3 is 0 Å². The first-order valence-corrected chi connectivity index (χ1v) is 10.3. The molecule has 1 aliphatic heterocycles. The third-order valence-electron chi connectivity index (χ3n) is 5.43. The molecule has 0 amide bonds. The summed E-state index contributed by atoms with van der Waals surface area (Å²) in [5.74, 6) is 0.520. The van der Waals surface area contributed by atoms with Crippen LogP contribution in [0.1, 0.15) is 30.7 Å². The lowest BCUT2D eigenvalue weighted by molar-refractivity contribution is 0.212. The van der Waals surface area contributed by atoms with E-state index >= 15 is 0 Å². The lowest BCUT2D eigenvalue weighted by Gasteiger charge is -2.32. The van der Waals surface area contributed by atoms with Crippen molar-refractivity contribution in [2.75, 3.05) is 31.5 Å². The quantitative estimate of drug-likeness (QED) is 0.531. The Labute approximate surface area is 169 Å². The van der Waals surface area contributed by atoms with Crippen LogP contribution in [-0.4, -0.2) is 41.3 Å². The number of nitrogens with one attached hydrogen (secondary N) is 2. The fourth-order valence-corrected chi connectivity index (χ4v) is 4.35. The minimum atomic E-state index is 0.520. The largest absolute Gasteiger partial charge is 0.385 e. The standard InChI is InChI=1S/C21H24Cl2N4/c22-19-4-1-3-18(21(19)23)15-7-11-27(12-8-15)10-2-9-24-17-6-5-16-14-25-26-20(16)13-17/h1,3-6,13-15,24H,2,7-12H2,(H,25,26). The summed E-state index contributed by atoms with van der Waals surface area (Å²) in [6.45, 7) is 4.33. The van der Waals surface area contributed by atoms with E-state index in [1.807, 2.05) is 18.3 Å². The van der Waals surface area contributed by atoms with Crippen molar-refractivity contribution in [1.82, 2.24) is 15.1 Å². The predicted octanol–water partition coefficient (Wildman–Crippen LogP) is 5.55. The normalized spacial score (nSPS) is 16.1. The fourth-order valence-electron chi connectivity index (χ4n) is 3.89. The maximum atomic E-state index is 6.39. The summed E-state index contributed by atoms with van der Waals surface area (Å²) >= 11 is 12.6. The van der Waals surface area contributed by atoms with Crippen molar-refractivity contribution in [2.24, 2.45) is 0 Å². The second-order valence-electron chi connectivity index (χ2n) is 7.21. The fraction of sp³-hybridized carbons (Fsp3) is 0.381. The van der Waals surface area contributed by atoms with Crippen LogP contribution in [0.5, 0.6) is 0 Å². The highest BCUT2D eigenvalue weighted by Gasteiger charge is 2.22. The molecule has 3 aromatic rings. The molecule has 0 unspecified atom stereocenters. The molecule has 27 heavy (non-hydrogen) atoms. The first-order chi connectivity index (χ1) is 13.2. The Morgan fingerprint density at radius 3 is 2.85 bits per heavy atom. The molecule has 1 saturated heterocycles. The highest BCUT2D eigenvalue weighted by molar-refractivity contribution is 6.42. The zero-order valence-corrected chi connectivity index (χ0v) is 16.7. The van der Waals surface area contributed by atoms with Gasteiger partial charge in [0.25, 0.3) is 0 Å². The number of nitrogens with zero attached hydrogens (tertiary/aromatic N) is 2. The molecule has 1 aromatic heterocycles. The Kier molecular flexibility index (Phi) is 5.86. The van der Waals surface area contributed by atoms with Crippen LogP contribution in [-0.2, 0) is 0 Å². The van der Waals surface area contributed by atoms with Crippen LogP contribution in [0.2, 0.25) is 10.0 Å². The molecule has 1 aliphatic rings. The van der Waals surface area contributed by atoms with E-state index in [4.69, 9.17) is 23.2 Å². The molecule has 2 N–H and O–H groups in total. The van der Waals surface area contributed by atoms with Crippen LogP contribution in [0.4, 0.5) is 5.69 Å². The molecule has 0 saturated carbocycles. The third kappa shape index (κ3) is 4.40. The molecule has 0 radical (unpaired) electrons. The summed E-state index contributed by atoms with van der Waals surface area (Å²) in [5, 5.41) is 13.1. The van der Waals surface area contributed by atoms with E-state index in [0.29, 0.717) is 10.9 Å². The van der Waals surface area contributed by atoms with Crippen LogP contribution in [0.15, 0.2) is 42.6 Å². The SMILES string of the molecule is Clc1cccc(C2CCN(CCCNc3ccc4cn[nH]c4c3)CC2)c1Cl. The molecule has 6 heteroatoms. The molecule has 0 spiro atoms. The second kappa shape index (κ2) is 8.51. The van der Waals surface area contributed by atoms with E-state index in [1.54, 1.807) is 0 Å². The topological polar surface area (TPSA) is 44.0 Å². The van der Waals surface area contributed by atoms with Crippen LogP contribution in [0, 0.1) is 0 Å². The highest BCUT2D eigenvalue weighted by Crippen LogP contribution is 2.36. The van der Waals surface area contributed by atoms with Crippen LogP contribution in [0.3, 0.4) is 0 Å². The van der Waals surface area contributed by atoms with Gasteiger partial charge in [-0.15, -0.1) is 0 Å². The smallest absolute Gasteiger partial charge is 0.0670 e. The van der Waals surface area contributed by atoms with Crippen molar-refractivity contribution in [3.63, 3.8) is 0 Å². The van der Waals surface area contributed by atoms with E-state index in [2.05, 4.69) is 44.7 Å². The summed E-state index contributed by atoms with van der Waals surface area (Å²) < 4.78 is 0. The average Bonchev–Trinajstić information content (AvgIpc) is 3.16. The molecule has 4 nitrogen and oxygen atoms in total. The van der Waals surface area contributed by atoms with Gasteiger partial charge < -0.3 is 10.2 Å². The minimum Gasteiger partial charge on any atom is -0.385 e. The summed E-state index contributed by atoms with van der Waals surface area (Å²) in [7, 11) is 0. The number of halogens is 2. The Hall–Kier alpha value is -1.75. The van der Waals surface area contributed by atoms with Crippen LogP contribution < -0.4 is 5.32 Å². The first-order valence-electron chi connectivity index (χ1n) is 9.54. The van der Waals surface area contributed by atoms with Gasteiger partial charge in [-0.2, -0.15) is 5.10 Å².